The molecule has 0 radical (unpaired) electrons. The van der Waals surface area contributed by atoms with Crippen molar-refractivity contribution in [1.82, 2.24) is 0 Å². The molecule has 0 saturated carbocycles. The topological polar surface area (TPSA) is 61.2 Å². The fourth-order valence-electron chi connectivity index (χ4n) is 2.28. The van der Waals surface area contributed by atoms with Gasteiger partial charge in [0.1, 0.15) is 5.82 Å². The third-order valence-corrected chi connectivity index (χ3v) is 3.20. The number of halogens is 1. The van der Waals surface area contributed by atoms with Gasteiger partial charge in [0.2, 0.25) is 5.91 Å². The number of Topliss-reactive ketones (excluding diaryl/α,β-unsaturated/α-hetero) is 1. The molecule has 19 heavy (non-hydrogen) atoms. The molecule has 0 aliphatic carbocycles. The summed E-state index contributed by atoms with van der Waals surface area (Å²) in [6.07, 6.45) is 0.878. The largest absolute Gasteiger partial charge is 0.312 e. The second-order valence-corrected chi connectivity index (χ2v) is 4.47. The highest BCUT2D eigenvalue weighted by molar-refractivity contribution is 6.09. The minimum atomic E-state index is -0.767. The lowest BCUT2D eigenvalue weighted by Crippen LogP contribution is -2.44. The summed E-state index contributed by atoms with van der Waals surface area (Å²) < 4.78 is 13.2. The number of ketones is 1. The predicted octanol–water partition coefficient (Wildman–Crippen LogP) is 2.05. The van der Waals surface area contributed by atoms with E-state index in [1.807, 2.05) is 0 Å². The molecule has 98 valence electrons. The Kier molecular flexibility index (Phi) is 3.91. The summed E-state index contributed by atoms with van der Waals surface area (Å²) in [5.41, 5.74) is 0.458. The predicted molar refractivity (Wildman–Crippen MR) is 66.7 cm³/mol. The standard InChI is InChI=1S/C14H13FN2O2/c15-10-3-1-4-11(9-10)17-8-2-5-12(14(17)19)13(18)6-7-16/h1,3-4,9,12H,2,5-6,8H2. The first-order chi connectivity index (χ1) is 9.13. The highest BCUT2D eigenvalue weighted by Gasteiger charge is 2.34. The Balaban J connectivity index is 2.21. The molecule has 1 aromatic carbocycles. The van der Waals surface area contributed by atoms with E-state index in [1.165, 1.54) is 23.1 Å². The van der Waals surface area contributed by atoms with E-state index in [2.05, 4.69) is 0 Å². The summed E-state index contributed by atoms with van der Waals surface area (Å²) in [6.45, 7) is 0.471. The first kappa shape index (κ1) is 13.2. The third kappa shape index (κ3) is 2.79. The van der Waals surface area contributed by atoms with Crippen LogP contribution in [0.5, 0.6) is 0 Å². The minimum absolute atomic E-state index is 0.257. The highest BCUT2D eigenvalue weighted by atomic mass is 19.1. The van der Waals surface area contributed by atoms with Crippen LogP contribution >= 0.6 is 0 Å². The van der Waals surface area contributed by atoms with Gasteiger partial charge in [0.25, 0.3) is 0 Å². The molecule has 5 heteroatoms. The Morgan fingerprint density at radius 3 is 3.00 bits per heavy atom. The molecule has 1 heterocycles. The van der Waals surface area contributed by atoms with Gasteiger partial charge in [-0.3, -0.25) is 9.59 Å². The van der Waals surface area contributed by atoms with Crippen LogP contribution in [0.25, 0.3) is 0 Å². The van der Waals surface area contributed by atoms with Crippen molar-refractivity contribution in [3.05, 3.63) is 30.1 Å². The SMILES string of the molecule is N#CCC(=O)C1CCCN(c2cccc(F)c2)C1=O. The summed E-state index contributed by atoms with van der Waals surface area (Å²) in [5.74, 6) is -1.88. The number of anilines is 1. The molecule has 1 aliphatic heterocycles. The molecule has 1 fully saturated rings. The Labute approximate surface area is 110 Å². The van der Waals surface area contributed by atoms with Crippen LogP contribution in [-0.2, 0) is 9.59 Å². The fraction of sp³-hybridized carbons (Fsp3) is 0.357. The van der Waals surface area contributed by atoms with Gasteiger partial charge < -0.3 is 4.90 Å². The van der Waals surface area contributed by atoms with Crippen molar-refractivity contribution >= 4 is 17.4 Å². The Morgan fingerprint density at radius 2 is 2.32 bits per heavy atom. The van der Waals surface area contributed by atoms with E-state index in [4.69, 9.17) is 5.26 Å². The zero-order valence-electron chi connectivity index (χ0n) is 10.3. The summed E-state index contributed by atoms with van der Waals surface area (Å²) >= 11 is 0. The monoisotopic (exact) mass is 260 g/mol. The van der Waals surface area contributed by atoms with Gasteiger partial charge in [-0.2, -0.15) is 5.26 Å². The van der Waals surface area contributed by atoms with Crippen molar-refractivity contribution in [2.45, 2.75) is 19.3 Å². The lowest BCUT2D eigenvalue weighted by Gasteiger charge is -2.31. The molecule has 0 spiro atoms. The number of amides is 1. The van der Waals surface area contributed by atoms with E-state index in [0.717, 1.165) is 0 Å². The summed E-state index contributed by atoms with van der Waals surface area (Å²) in [7, 11) is 0. The van der Waals surface area contributed by atoms with E-state index in [1.54, 1.807) is 12.1 Å². The molecule has 2 rings (SSSR count). The van der Waals surface area contributed by atoms with Crippen LogP contribution in [0.15, 0.2) is 24.3 Å². The minimum Gasteiger partial charge on any atom is -0.312 e. The number of carbonyl (C=O) groups is 2. The van der Waals surface area contributed by atoms with E-state index < -0.39 is 11.7 Å². The van der Waals surface area contributed by atoms with Crippen molar-refractivity contribution in [2.24, 2.45) is 5.92 Å². The number of piperidine rings is 1. The highest BCUT2D eigenvalue weighted by Crippen LogP contribution is 2.26. The molecule has 0 bridgehead atoms. The van der Waals surface area contributed by atoms with Crippen molar-refractivity contribution in [2.75, 3.05) is 11.4 Å². The molecule has 4 nitrogen and oxygen atoms in total. The first-order valence-electron chi connectivity index (χ1n) is 6.10. The summed E-state index contributed by atoms with van der Waals surface area (Å²) in [4.78, 5) is 25.4. The van der Waals surface area contributed by atoms with Crippen molar-refractivity contribution in [3.63, 3.8) is 0 Å². The number of nitriles is 1. The zero-order valence-corrected chi connectivity index (χ0v) is 10.3. The number of hydrogen-bond acceptors (Lipinski definition) is 3. The zero-order chi connectivity index (χ0) is 13.8. The number of hydrogen-bond donors (Lipinski definition) is 0. The van der Waals surface area contributed by atoms with Crippen LogP contribution in [0.2, 0.25) is 0 Å². The van der Waals surface area contributed by atoms with E-state index >= 15 is 0 Å². The number of benzene rings is 1. The van der Waals surface area contributed by atoms with Crippen molar-refractivity contribution in [1.29, 1.82) is 5.26 Å². The first-order valence-corrected chi connectivity index (χ1v) is 6.10. The van der Waals surface area contributed by atoms with Gasteiger partial charge in [-0.25, -0.2) is 4.39 Å². The molecule has 1 unspecified atom stereocenters. The van der Waals surface area contributed by atoms with Crippen LogP contribution in [0, 0.1) is 23.1 Å². The van der Waals surface area contributed by atoms with Gasteiger partial charge in [-0.15, -0.1) is 0 Å². The lowest BCUT2D eigenvalue weighted by atomic mass is 9.91. The molecule has 0 N–H and O–H groups in total. The Bertz CT molecular complexity index is 551. The number of carbonyl (C=O) groups excluding carboxylic acids is 2. The average molecular weight is 260 g/mol. The van der Waals surface area contributed by atoms with Gasteiger partial charge in [0.05, 0.1) is 18.4 Å². The molecule has 1 amide bonds. The summed E-state index contributed by atoms with van der Waals surface area (Å²) in [5, 5.41) is 8.53. The second kappa shape index (κ2) is 5.61. The van der Waals surface area contributed by atoms with E-state index in [9.17, 15) is 14.0 Å². The Hall–Kier alpha value is -2.22. The quantitative estimate of drug-likeness (QED) is 0.781. The fourth-order valence-corrected chi connectivity index (χ4v) is 2.28. The molecule has 1 saturated heterocycles. The summed E-state index contributed by atoms with van der Waals surface area (Å²) in [6, 6.07) is 7.51. The molecule has 1 atom stereocenters. The van der Waals surface area contributed by atoms with E-state index in [-0.39, 0.29) is 18.1 Å². The van der Waals surface area contributed by atoms with Crippen LogP contribution in [0.4, 0.5) is 10.1 Å². The molecule has 1 aliphatic rings. The van der Waals surface area contributed by atoms with Gasteiger partial charge in [-0.05, 0) is 31.0 Å². The molecular weight excluding hydrogens is 247 g/mol. The van der Waals surface area contributed by atoms with Gasteiger partial charge in [0, 0.05) is 12.2 Å². The van der Waals surface area contributed by atoms with Crippen molar-refractivity contribution < 1.29 is 14.0 Å². The molecule has 0 aromatic heterocycles. The third-order valence-electron chi connectivity index (χ3n) is 3.20. The van der Waals surface area contributed by atoms with Crippen LogP contribution in [0.1, 0.15) is 19.3 Å². The van der Waals surface area contributed by atoms with Gasteiger partial charge in [-0.1, -0.05) is 6.07 Å². The Morgan fingerprint density at radius 1 is 1.53 bits per heavy atom. The lowest BCUT2D eigenvalue weighted by molar-refractivity contribution is -0.133. The second-order valence-electron chi connectivity index (χ2n) is 4.47. The van der Waals surface area contributed by atoms with Crippen LogP contribution in [-0.4, -0.2) is 18.2 Å². The van der Waals surface area contributed by atoms with Gasteiger partial charge >= 0.3 is 0 Å². The maximum atomic E-state index is 13.2. The average Bonchev–Trinajstić information content (AvgIpc) is 2.39. The number of nitrogens with zero attached hydrogens (tertiary/aromatic N) is 2. The molecular formula is C14H13FN2O2. The van der Waals surface area contributed by atoms with Crippen molar-refractivity contribution in [3.8, 4) is 6.07 Å². The normalized spacial score (nSPS) is 19.1. The smallest absolute Gasteiger partial charge is 0.237 e. The molecule has 1 aromatic rings. The maximum Gasteiger partial charge on any atom is 0.237 e. The van der Waals surface area contributed by atoms with Crippen LogP contribution < -0.4 is 4.90 Å². The number of rotatable bonds is 3. The van der Waals surface area contributed by atoms with E-state index in [0.29, 0.717) is 25.1 Å². The van der Waals surface area contributed by atoms with Gasteiger partial charge in [0.15, 0.2) is 5.78 Å². The van der Waals surface area contributed by atoms with Crippen LogP contribution in [0.3, 0.4) is 0 Å². The maximum absolute atomic E-state index is 13.2.